The number of hydrogen-bond acceptors (Lipinski definition) is 2. The zero-order chi connectivity index (χ0) is 12.3. The second kappa shape index (κ2) is 5.34. The van der Waals surface area contributed by atoms with Gasteiger partial charge in [0.25, 0.3) is 0 Å². The van der Waals surface area contributed by atoms with Gasteiger partial charge >= 0.3 is 0 Å². The predicted molar refractivity (Wildman–Crippen MR) is 73.3 cm³/mol. The fraction of sp³-hybridized carbons (Fsp3) is 0.417. The Bertz CT molecular complexity index is 390. The van der Waals surface area contributed by atoms with Crippen molar-refractivity contribution in [1.29, 1.82) is 5.41 Å². The Balaban J connectivity index is 3.19. The van der Waals surface area contributed by atoms with Gasteiger partial charge in [0.15, 0.2) is 0 Å². The summed E-state index contributed by atoms with van der Waals surface area (Å²) < 4.78 is 1.00. The number of nitrogens with zero attached hydrogens (tertiary/aromatic N) is 1. The van der Waals surface area contributed by atoms with Crippen molar-refractivity contribution in [3.05, 3.63) is 28.2 Å². The van der Waals surface area contributed by atoms with Gasteiger partial charge in [-0.3, -0.25) is 5.41 Å². The van der Waals surface area contributed by atoms with Gasteiger partial charge in [-0.1, -0.05) is 22.9 Å². The minimum atomic E-state index is 0.109. The summed E-state index contributed by atoms with van der Waals surface area (Å²) in [4.78, 5) is 2.15. The molecule has 0 bridgehead atoms. The van der Waals surface area contributed by atoms with E-state index >= 15 is 0 Å². The highest BCUT2D eigenvalue weighted by atomic mass is 79.9. The molecule has 1 atom stereocenters. The van der Waals surface area contributed by atoms with E-state index in [1.165, 1.54) is 0 Å². The fourth-order valence-corrected chi connectivity index (χ4v) is 1.88. The molecule has 0 saturated heterocycles. The first kappa shape index (κ1) is 13.0. The first-order valence-corrected chi connectivity index (χ1v) is 6.13. The third-order valence-electron chi connectivity index (χ3n) is 2.88. The minimum Gasteiger partial charge on any atom is -0.384 e. The van der Waals surface area contributed by atoms with Crippen molar-refractivity contribution in [3.8, 4) is 0 Å². The van der Waals surface area contributed by atoms with Gasteiger partial charge in [-0.25, -0.2) is 0 Å². The van der Waals surface area contributed by atoms with Gasteiger partial charge < -0.3 is 10.6 Å². The average Bonchev–Trinajstić information content (AvgIpc) is 2.26. The van der Waals surface area contributed by atoms with E-state index in [2.05, 4.69) is 34.7 Å². The molecule has 0 radical (unpaired) electrons. The normalized spacial score (nSPS) is 12.2. The summed E-state index contributed by atoms with van der Waals surface area (Å²) in [6, 6.07) is 6.21. The Morgan fingerprint density at radius 1 is 1.56 bits per heavy atom. The molecule has 1 aromatic carbocycles. The van der Waals surface area contributed by atoms with E-state index in [0.29, 0.717) is 6.04 Å². The summed E-state index contributed by atoms with van der Waals surface area (Å²) in [5.74, 6) is 0.109. The van der Waals surface area contributed by atoms with Gasteiger partial charge in [0.05, 0.1) is 0 Å². The van der Waals surface area contributed by atoms with Crippen LogP contribution in [0.25, 0.3) is 0 Å². The molecule has 16 heavy (non-hydrogen) atoms. The molecular weight excluding hydrogens is 266 g/mol. The number of halogens is 1. The van der Waals surface area contributed by atoms with Crippen molar-refractivity contribution < 1.29 is 0 Å². The fourth-order valence-electron chi connectivity index (χ4n) is 1.54. The molecule has 1 aromatic rings. The third-order valence-corrected chi connectivity index (χ3v) is 3.38. The quantitative estimate of drug-likeness (QED) is 0.659. The molecule has 0 spiro atoms. The predicted octanol–water partition coefficient (Wildman–Crippen LogP) is 2.97. The summed E-state index contributed by atoms with van der Waals surface area (Å²) >= 11 is 3.45. The SMILES string of the molecule is CCC(C)N(C)c1cc(Br)ccc1C(=N)N. The summed E-state index contributed by atoms with van der Waals surface area (Å²) in [6.07, 6.45) is 1.06. The highest BCUT2D eigenvalue weighted by Crippen LogP contribution is 2.26. The van der Waals surface area contributed by atoms with Crippen LogP contribution in [0.1, 0.15) is 25.8 Å². The van der Waals surface area contributed by atoms with Crippen LogP contribution < -0.4 is 10.6 Å². The van der Waals surface area contributed by atoms with Crippen molar-refractivity contribution in [1.82, 2.24) is 0 Å². The third kappa shape index (κ3) is 2.76. The Hall–Kier alpha value is -1.03. The van der Waals surface area contributed by atoms with Crippen LogP contribution in [0.3, 0.4) is 0 Å². The maximum absolute atomic E-state index is 7.57. The topological polar surface area (TPSA) is 53.1 Å². The maximum Gasteiger partial charge on any atom is 0.124 e. The van der Waals surface area contributed by atoms with Crippen LogP contribution >= 0.6 is 15.9 Å². The van der Waals surface area contributed by atoms with Crippen molar-refractivity contribution in [3.63, 3.8) is 0 Å². The molecule has 88 valence electrons. The zero-order valence-electron chi connectivity index (χ0n) is 9.92. The maximum atomic E-state index is 7.57. The van der Waals surface area contributed by atoms with E-state index < -0.39 is 0 Å². The average molecular weight is 284 g/mol. The monoisotopic (exact) mass is 283 g/mol. The molecule has 1 rings (SSSR count). The lowest BCUT2D eigenvalue weighted by molar-refractivity contribution is 0.663. The van der Waals surface area contributed by atoms with Crippen LogP contribution in [0.4, 0.5) is 5.69 Å². The molecule has 3 N–H and O–H groups in total. The molecular formula is C12H18BrN3. The molecule has 0 aromatic heterocycles. The smallest absolute Gasteiger partial charge is 0.124 e. The van der Waals surface area contributed by atoms with E-state index in [0.717, 1.165) is 22.1 Å². The highest BCUT2D eigenvalue weighted by Gasteiger charge is 2.14. The molecule has 3 nitrogen and oxygen atoms in total. The number of hydrogen-bond donors (Lipinski definition) is 2. The number of rotatable bonds is 4. The first-order chi connectivity index (χ1) is 7.47. The van der Waals surface area contributed by atoms with Crippen molar-refractivity contribution in [2.75, 3.05) is 11.9 Å². The Morgan fingerprint density at radius 2 is 2.19 bits per heavy atom. The van der Waals surface area contributed by atoms with Crippen LogP contribution in [0.15, 0.2) is 22.7 Å². The lowest BCUT2D eigenvalue weighted by Gasteiger charge is -2.28. The summed E-state index contributed by atoms with van der Waals surface area (Å²) in [5, 5.41) is 7.57. The highest BCUT2D eigenvalue weighted by molar-refractivity contribution is 9.10. The number of nitrogens with one attached hydrogen (secondary N) is 1. The number of nitrogens with two attached hydrogens (primary N) is 1. The molecule has 0 heterocycles. The second-order valence-electron chi connectivity index (χ2n) is 3.94. The molecule has 1 unspecified atom stereocenters. The van der Waals surface area contributed by atoms with E-state index in [9.17, 15) is 0 Å². The standard InChI is InChI=1S/C12H18BrN3/c1-4-8(2)16(3)11-7-9(13)5-6-10(11)12(14)15/h5-8H,4H2,1-3H3,(H3,14,15). The molecule has 0 amide bonds. The summed E-state index contributed by atoms with van der Waals surface area (Å²) in [7, 11) is 2.03. The molecule has 0 saturated carbocycles. The number of anilines is 1. The number of benzene rings is 1. The van der Waals surface area contributed by atoms with Gasteiger partial charge in [-0.2, -0.15) is 0 Å². The van der Waals surface area contributed by atoms with Crippen LogP contribution in [0, 0.1) is 5.41 Å². The molecule has 0 aliphatic heterocycles. The van der Waals surface area contributed by atoms with E-state index in [1.807, 2.05) is 25.2 Å². The van der Waals surface area contributed by atoms with Crippen LogP contribution in [-0.2, 0) is 0 Å². The van der Waals surface area contributed by atoms with Crippen LogP contribution in [-0.4, -0.2) is 18.9 Å². The van der Waals surface area contributed by atoms with Crippen LogP contribution in [0.5, 0.6) is 0 Å². The van der Waals surface area contributed by atoms with Crippen molar-refractivity contribution >= 4 is 27.5 Å². The number of nitrogen functional groups attached to an aromatic ring is 1. The summed E-state index contributed by atoms with van der Waals surface area (Å²) in [6.45, 7) is 4.30. The van der Waals surface area contributed by atoms with Crippen molar-refractivity contribution in [2.45, 2.75) is 26.3 Å². The molecule has 4 heteroatoms. The van der Waals surface area contributed by atoms with E-state index in [-0.39, 0.29) is 5.84 Å². The summed E-state index contributed by atoms with van der Waals surface area (Å²) in [5.41, 5.74) is 7.37. The van der Waals surface area contributed by atoms with Gasteiger partial charge in [0.2, 0.25) is 0 Å². The minimum absolute atomic E-state index is 0.109. The van der Waals surface area contributed by atoms with Gasteiger partial charge in [0, 0.05) is 28.8 Å². The lowest BCUT2D eigenvalue weighted by Crippen LogP contribution is -2.30. The lowest BCUT2D eigenvalue weighted by atomic mass is 10.1. The molecule has 0 fully saturated rings. The van der Waals surface area contributed by atoms with E-state index in [4.69, 9.17) is 11.1 Å². The second-order valence-corrected chi connectivity index (χ2v) is 4.86. The molecule has 0 aliphatic rings. The van der Waals surface area contributed by atoms with Gasteiger partial charge in [0.1, 0.15) is 5.84 Å². The Kier molecular flexibility index (Phi) is 4.35. The van der Waals surface area contributed by atoms with Gasteiger partial charge in [-0.05, 0) is 31.5 Å². The first-order valence-electron chi connectivity index (χ1n) is 5.34. The zero-order valence-corrected chi connectivity index (χ0v) is 11.5. The Labute approximate surface area is 105 Å². The Morgan fingerprint density at radius 3 is 2.69 bits per heavy atom. The number of amidine groups is 1. The largest absolute Gasteiger partial charge is 0.384 e. The van der Waals surface area contributed by atoms with Crippen LogP contribution in [0.2, 0.25) is 0 Å². The molecule has 0 aliphatic carbocycles. The van der Waals surface area contributed by atoms with E-state index in [1.54, 1.807) is 0 Å². The van der Waals surface area contributed by atoms with Crippen molar-refractivity contribution in [2.24, 2.45) is 5.73 Å². The van der Waals surface area contributed by atoms with Gasteiger partial charge in [-0.15, -0.1) is 0 Å².